The van der Waals surface area contributed by atoms with Crippen LogP contribution in [-0.2, 0) is 10.0 Å². The van der Waals surface area contributed by atoms with Gasteiger partial charge in [-0.25, -0.2) is 23.5 Å². The van der Waals surface area contributed by atoms with Crippen molar-refractivity contribution in [3.05, 3.63) is 12.5 Å². The largest absolute Gasteiger partial charge is 0.355 e. The van der Waals surface area contributed by atoms with Gasteiger partial charge >= 0.3 is 0 Å². The lowest BCUT2D eigenvalue weighted by Crippen LogP contribution is -2.32. The van der Waals surface area contributed by atoms with Crippen molar-refractivity contribution in [1.82, 2.24) is 9.97 Å². The van der Waals surface area contributed by atoms with Crippen molar-refractivity contribution in [1.29, 1.82) is 0 Å². The van der Waals surface area contributed by atoms with Crippen LogP contribution < -0.4 is 10.0 Å². The Bertz CT molecular complexity index is 468. The van der Waals surface area contributed by atoms with Gasteiger partial charge in [0.25, 0.3) is 0 Å². The Balaban J connectivity index is 2.40. The predicted molar refractivity (Wildman–Crippen MR) is 58.3 cm³/mol. The van der Waals surface area contributed by atoms with Crippen LogP contribution in [0.2, 0.25) is 0 Å². The van der Waals surface area contributed by atoms with Crippen LogP contribution in [0.1, 0.15) is 19.3 Å². The molecule has 0 bridgehead atoms. The fourth-order valence-corrected chi connectivity index (χ4v) is 2.44. The van der Waals surface area contributed by atoms with E-state index in [1.165, 1.54) is 6.20 Å². The Morgan fingerprint density at radius 3 is 2.62 bits per heavy atom. The van der Waals surface area contributed by atoms with Crippen molar-refractivity contribution in [2.75, 3.05) is 18.0 Å². The number of aromatic nitrogens is 2. The average Bonchev–Trinajstić information content (AvgIpc) is 2.29. The number of hydrogen-bond acceptors (Lipinski definition) is 5. The standard InChI is InChI=1S/C9H13N4O2S/c10-16(14,15)8-6-11-7-12-9(8)13-4-2-1-3-5-13/h6H,1-5H2,(H2,10,14,15). The first-order valence-electron chi connectivity index (χ1n) is 5.10. The number of sulfonamides is 1. The van der Waals surface area contributed by atoms with Gasteiger partial charge in [0.15, 0.2) is 12.1 Å². The molecule has 1 radical (unpaired) electrons. The van der Waals surface area contributed by atoms with Crippen molar-refractivity contribution in [3.63, 3.8) is 0 Å². The van der Waals surface area contributed by atoms with Gasteiger partial charge in [-0.3, -0.25) is 0 Å². The molecule has 1 saturated heterocycles. The Kier molecular flexibility index (Phi) is 3.06. The second-order valence-electron chi connectivity index (χ2n) is 3.75. The minimum Gasteiger partial charge on any atom is -0.355 e. The number of nitrogens with zero attached hydrogens (tertiary/aromatic N) is 3. The maximum Gasteiger partial charge on any atom is 0.243 e. The van der Waals surface area contributed by atoms with Gasteiger partial charge in [0.05, 0.1) is 6.20 Å². The average molecular weight is 241 g/mol. The second-order valence-corrected chi connectivity index (χ2v) is 5.28. The fourth-order valence-electron chi connectivity index (χ4n) is 1.81. The summed E-state index contributed by atoms with van der Waals surface area (Å²) in [4.78, 5) is 9.38. The molecule has 0 aromatic carbocycles. The molecule has 1 aliphatic heterocycles. The number of primary sulfonamides is 1. The van der Waals surface area contributed by atoms with E-state index in [1.54, 1.807) is 0 Å². The highest BCUT2D eigenvalue weighted by Crippen LogP contribution is 2.23. The lowest BCUT2D eigenvalue weighted by Gasteiger charge is -2.28. The Morgan fingerprint density at radius 1 is 1.31 bits per heavy atom. The maximum atomic E-state index is 11.4. The highest BCUT2D eigenvalue weighted by Gasteiger charge is 2.21. The molecule has 0 aliphatic carbocycles. The van der Waals surface area contributed by atoms with Crippen LogP contribution >= 0.6 is 0 Å². The molecule has 0 saturated carbocycles. The first kappa shape index (κ1) is 11.3. The smallest absolute Gasteiger partial charge is 0.243 e. The van der Waals surface area contributed by atoms with E-state index in [0.717, 1.165) is 32.4 Å². The molecule has 1 fully saturated rings. The van der Waals surface area contributed by atoms with E-state index in [4.69, 9.17) is 5.14 Å². The number of hydrogen-bond donors (Lipinski definition) is 1. The van der Waals surface area contributed by atoms with Gasteiger partial charge in [0.2, 0.25) is 10.0 Å². The number of piperidine rings is 1. The van der Waals surface area contributed by atoms with Gasteiger partial charge in [-0.1, -0.05) is 0 Å². The van der Waals surface area contributed by atoms with Crippen LogP contribution in [-0.4, -0.2) is 31.5 Å². The quantitative estimate of drug-likeness (QED) is 0.782. The molecule has 0 atom stereocenters. The molecule has 0 unspecified atom stereocenters. The van der Waals surface area contributed by atoms with E-state index >= 15 is 0 Å². The lowest BCUT2D eigenvalue weighted by atomic mass is 10.1. The molecule has 1 aromatic rings. The zero-order valence-corrected chi connectivity index (χ0v) is 9.57. The maximum absolute atomic E-state index is 11.4. The summed E-state index contributed by atoms with van der Waals surface area (Å²) in [6.07, 6.45) is 6.84. The Morgan fingerprint density at radius 2 is 2.00 bits per heavy atom. The van der Waals surface area contributed by atoms with Crippen molar-refractivity contribution < 1.29 is 8.42 Å². The highest BCUT2D eigenvalue weighted by molar-refractivity contribution is 7.89. The second kappa shape index (κ2) is 4.34. The summed E-state index contributed by atoms with van der Waals surface area (Å²) in [5.41, 5.74) is 0. The van der Waals surface area contributed by atoms with Crippen molar-refractivity contribution >= 4 is 15.8 Å². The third-order valence-corrected chi connectivity index (χ3v) is 3.48. The molecule has 6 nitrogen and oxygen atoms in total. The van der Waals surface area contributed by atoms with Crippen LogP contribution in [0.5, 0.6) is 0 Å². The molecule has 0 spiro atoms. The van der Waals surface area contributed by atoms with Gasteiger partial charge in [-0.2, -0.15) is 0 Å². The van der Waals surface area contributed by atoms with Gasteiger partial charge in [-0.15, -0.1) is 0 Å². The van der Waals surface area contributed by atoms with E-state index in [1.807, 2.05) is 4.90 Å². The van der Waals surface area contributed by atoms with E-state index in [2.05, 4.69) is 16.3 Å². The lowest BCUT2D eigenvalue weighted by molar-refractivity contribution is 0.565. The van der Waals surface area contributed by atoms with Gasteiger partial charge in [0.1, 0.15) is 4.90 Å². The molecule has 2 heterocycles. The third-order valence-electron chi connectivity index (χ3n) is 2.58. The monoisotopic (exact) mass is 241 g/mol. The SMILES string of the molecule is NS(=O)(=O)c1cn[c]nc1N1CCCCC1. The zero-order valence-electron chi connectivity index (χ0n) is 8.76. The molecule has 7 heteroatoms. The summed E-state index contributed by atoms with van der Waals surface area (Å²) in [7, 11) is -3.77. The van der Waals surface area contributed by atoms with Crippen molar-refractivity contribution in [2.45, 2.75) is 24.2 Å². The molecular formula is C9H13N4O2S. The summed E-state index contributed by atoms with van der Waals surface area (Å²) in [5, 5.41) is 5.12. The van der Waals surface area contributed by atoms with Gasteiger partial charge in [0, 0.05) is 13.1 Å². The molecule has 2 N–H and O–H groups in total. The summed E-state index contributed by atoms with van der Waals surface area (Å²) >= 11 is 0. The molecule has 87 valence electrons. The minimum atomic E-state index is -3.77. The van der Waals surface area contributed by atoms with Crippen LogP contribution in [0.3, 0.4) is 0 Å². The molecule has 16 heavy (non-hydrogen) atoms. The summed E-state index contributed by atoms with van der Waals surface area (Å²) in [6, 6.07) is 0. The van der Waals surface area contributed by atoms with Gasteiger partial charge in [-0.05, 0) is 19.3 Å². The normalized spacial score (nSPS) is 17.4. The predicted octanol–water partition coefficient (Wildman–Crippen LogP) is -0.0855. The van der Waals surface area contributed by atoms with E-state index < -0.39 is 10.0 Å². The van der Waals surface area contributed by atoms with E-state index in [9.17, 15) is 8.42 Å². The van der Waals surface area contributed by atoms with Crippen molar-refractivity contribution in [2.24, 2.45) is 5.14 Å². The molecule has 0 amide bonds. The van der Waals surface area contributed by atoms with Crippen LogP contribution in [0.15, 0.2) is 11.1 Å². The first-order chi connectivity index (χ1) is 7.59. The van der Waals surface area contributed by atoms with E-state index in [-0.39, 0.29) is 4.90 Å². The molecule has 1 aromatic heterocycles. The Hall–Kier alpha value is -1.21. The van der Waals surface area contributed by atoms with Crippen molar-refractivity contribution in [3.8, 4) is 0 Å². The number of rotatable bonds is 2. The Labute approximate surface area is 94.6 Å². The summed E-state index contributed by atoms with van der Waals surface area (Å²) < 4.78 is 22.7. The molecular weight excluding hydrogens is 228 g/mol. The van der Waals surface area contributed by atoms with Crippen LogP contribution in [0.4, 0.5) is 5.82 Å². The fraction of sp³-hybridized carbons (Fsp3) is 0.556. The van der Waals surface area contributed by atoms with Crippen LogP contribution in [0.25, 0.3) is 0 Å². The van der Waals surface area contributed by atoms with Gasteiger partial charge < -0.3 is 4.90 Å². The molecule has 2 rings (SSSR count). The third kappa shape index (κ3) is 2.30. The summed E-state index contributed by atoms with van der Waals surface area (Å²) in [6.45, 7) is 1.60. The number of nitrogens with two attached hydrogens (primary N) is 1. The topological polar surface area (TPSA) is 89.2 Å². The zero-order chi connectivity index (χ0) is 11.6. The summed E-state index contributed by atoms with van der Waals surface area (Å²) in [5.74, 6) is 0.372. The number of anilines is 1. The molecule has 1 aliphatic rings. The van der Waals surface area contributed by atoms with Crippen LogP contribution in [0, 0.1) is 6.33 Å². The first-order valence-corrected chi connectivity index (χ1v) is 6.64. The minimum absolute atomic E-state index is 0.0202. The highest BCUT2D eigenvalue weighted by atomic mass is 32.2. The van der Waals surface area contributed by atoms with E-state index in [0.29, 0.717) is 5.82 Å².